The molecule has 0 bridgehead atoms. The minimum Gasteiger partial charge on any atom is -0.483 e. The van der Waals surface area contributed by atoms with Gasteiger partial charge in [0.25, 0.3) is 5.91 Å². The molecule has 0 saturated carbocycles. The standard InChI is InChI=1S/C28H39BrN2O3/c1-7-9-15-30-27(33)24(8-2)31(18-21-12-10-11-20(3)16-21)26(32)19-34-25-14-13-22(17-23(25)29)28(4,5)6/h10-14,16-17,24H,7-9,15,18-19H2,1-6H3,(H,30,33)/t24-/m0/s1. The van der Waals surface area contributed by atoms with Crippen LogP contribution in [0.15, 0.2) is 46.9 Å². The van der Waals surface area contributed by atoms with Gasteiger partial charge in [0.1, 0.15) is 11.8 Å². The van der Waals surface area contributed by atoms with E-state index in [1.165, 1.54) is 5.56 Å². The number of unbranched alkanes of at least 4 members (excludes halogenated alkanes) is 1. The van der Waals surface area contributed by atoms with Gasteiger partial charge in [0, 0.05) is 13.1 Å². The van der Waals surface area contributed by atoms with Crippen molar-refractivity contribution in [3.8, 4) is 5.75 Å². The molecule has 0 aliphatic rings. The van der Waals surface area contributed by atoms with Crippen molar-refractivity contribution in [3.05, 3.63) is 63.6 Å². The maximum Gasteiger partial charge on any atom is 0.261 e. The van der Waals surface area contributed by atoms with Crippen LogP contribution in [0.2, 0.25) is 0 Å². The van der Waals surface area contributed by atoms with Crippen LogP contribution >= 0.6 is 15.9 Å². The number of halogens is 1. The van der Waals surface area contributed by atoms with Gasteiger partial charge >= 0.3 is 0 Å². The van der Waals surface area contributed by atoms with Crippen molar-refractivity contribution in [3.63, 3.8) is 0 Å². The number of ether oxygens (including phenoxy) is 1. The fourth-order valence-electron chi connectivity index (χ4n) is 3.74. The van der Waals surface area contributed by atoms with Gasteiger partial charge in [-0.05, 0) is 64.4 Å². The molecular formula is C28H39BrN2O3. The van der Waals surface area contributed by atoms with Crippen LogP contribution in [0, 0.1) is 6.92 Å². The van der Waals surface area contributed by atoms with Gasteiger partial charge in [0.15, 0.2) is 6.61 Å². The molecule has 0 heterocycles. The van der Waals surface area contributed by atoms with Crippen LogP contribution in [0.3, 0.4) is 0 Å². The third kappa shape index (κ3) is 8.15. The average molecular weight is 532 g/mol. The highest BCUT2D eigenvalue weighted by Gasteiger charge is 2.29. The molecule has 0 aliphatic carbocycles. The molecule has 0 aromatic heterocycles. The number of nitrogens with zero attached hydrogens (tertiary/aromatic N) is 1. The van der Waals surface area contributed by atoms with Crippen molar-refractivity contribution in [1.29, 1.82) is 0 Å². The SMILES string of the molecule is CCCCNC(=O)[C@H](CC)N(Cc1cccc(C)c1)C(=O)COc1ccc(C(C)(C)C)cc1Br. The first-order valence-electron chi connectivity index (χ1n) is 12.1. The smallest absolute Gasteiger partial charge is 0.261 e. The van der Waals surface area contributed by atoms with Crippen molar-refractivity contribution >= 4 is 27.7 Å². The summed E-state index contributed by atoms with van der Waals surface area (Å²) in [7, 11) is 0. The monoisotopic (exact) mass is 530 g/mol. The molecule has 2 amide bonds. The number of hydrogen-bond donors (Lipinski definition) is 1. The Kier molecular flexibility index (Phi) is 10.6. The first kappa shape index (κ1) is 27.9. The summed E-state index contributed by atoms with van der Waals surface area (Å²) in [4.78, 5) is 28.0. The number of nitrogens with one attached hydrogen (secondary N) is 1. The molecule has 186 valence electrons. The van der Waals surface area contributed by atoms with E-state index in [2.05, 4.69) is 48.9 Å². The van der Waals surface area contributed by atoms with Crippen LogP contribution in [0.5, 0.6) is 5.75 Å². The number of benzene rings is 2. The van der Waals surface area contributed by atoms with Crippen LogP contribution in [-0.4, -0.2) is 35.9 Å². The van der Waals surface area contributed by atoms with E-state index >= 15 is 0 Å². The summed E-state index contributed by atoms with van der Waals surface area (Å²) in [6.07, 6.45) is 2.44. The molecule has 0 spiro atoms. The van der Waals surface area contributed by atoms with E-state index in [9.17, 15) is 9.59 Å². The van der Waals surface area contributed by atoms with Crippen LogP contribution in [-0.2, 0) is 21.5 Å². The Balaban J connectivity index is 2.21. The lowest BCUT2D eigenvalue weighted by Gasteiger charge is -2.30. The van der Waals surface area contributed by atoms with Crippen LogP contribution in [0.4, 0.5) is 0 Å². The second-order valence-electron chi connectivity index (χ2n) is 9.76. The van der Waals surface area contributed by atoms with E-state index in [0.29, 0.717) is 25.3 Å². The summed E-state index contributed by atoms with van der Waals surface area (Å²) >= 11 is 3.58. The largest absolute Gasteiger partial charge is 0.483 e. The number of carbonyl (C=O) groups excluding carboxylic acids is 2. The zero-order chi connectivity index (χ0) is 25.3. The van der Waals surface area contributed by atoms with Gasteiger partial charge in [-0.1, -0.05) is 76.9 Å². The molecule has 2 rings (SSSR count). The van der Waals surface area contributed by atoms with Gasteiger partial charge in [0.05, 0.1) is 4.47 Å². The Morgan fingerprint density at radius 1 is 1.12 bits per heavy atom. The Morgan fingerprint density at radius 2 is 1.85 bits per heavy atom. The van der Waals surface area contributed by atoms with Gasteiger partial charge in [0.2, 0.25) is 5.91 Å². The number of aryl methyl sites for hydroxylation is 1. The molecular weight excluding hydrogens is 492 g/mol. The Hall–Kier alpha value is -2.34. The lowest BCUT2D eigenvalue weighted by Crippen LogP contribution is -2.50. The van der Waals surface area contributed by atoms with Crippen LogP contribution < -0.4 is 10.1 Å². The summed E-state index contributed by atoms with van der Waals surface area (Å²) in [5.74, 6) is 0.274. The normalized spacial score (nSPS) is 12.2. The Morgan fingerprint density at radius 3 is 2.44 bits per heavy atom. The van der Waals surface area contributed by atoms with Crippen molar-refractivity contribution in [2.45, 2.75) is 78.8 Å². The highest BCUT2D eigenvalue weighted by molar-refractivity contribution is 9.10. The van der Waals surface area contributed by atoms with Crippen molar-refractivity contribution in [2.24, 2.45) is 0 Å². The molecule has 2 aromatic carbocycles. The molecule has 5 nitrogen and oxygen atoms in total. The quantitative estimate of drug-likeness (QED) is 0.354. The van der Waals surface area contributed by atoms with E-state index in [4.69, 9.17) is 4.74 Å². The Bertz CT molecular complexity index is 968. The fourth-order valence-corrected chi connectivity index (χ4v) is 4.23. The first-order valence-corrected chi connectivity index (χ1v) is 12.9. The van der Waals surface area contributed by atoms with E-state index < -0.39 is 6.04 Å². The molecule has 2 aromatic rings. The summed E-state index contributed by atoms with van der Waals surface area (Å²) < 4.78 is 6.72. The number of carbonyl (C=O) groups is 2. The van der Waals surface area contributed by atoms with Gasteiger partial charge in [-0.25, -0.2) is 0 Å². The van der Waals surface area contributed by atoms with E-state index in [0.717, 1.165) is 28.4 Å². The molecule has 6 heteroatoms. The minimum atomic E-state index is -0.555. The maximum atomic E-state index is 13.4. The van der Waals surface area contributed by atoms with Crippen molar-refractivity contribution < 1.29 is 14.3 Å². The molecule has 0 radical (unpaired) electrons. The van der Waals surface area contributed by atoms with Gasteiger partial charge in [-0.3, -0.25) is 9.59 Å². The maximum absolute atomic E-state index is 13.4. The third-order valence-electron chi connectivity index (χ3n) is 5.80. The lowest BCUT2D eigenvalue weighted by atomic mass is 9.87. The highest BCUT2D eigenvalue weighted by Crippen LogP contribution is 2.31. The first-order chi connectivity index (χ1) is 16.1. The molecule has 0 unspecified atom stereocenters. The summed E-state index contributed by atoms with van der Waals surface area (Å²) in [6.45, 7) is 13.3. The Labute approximate surface area is 213 Å². The van der Waals surface area contributed by atoms with Gasteiger partial charge in [-0.15, -0.1) is 0 Å². The summed E-state index contributed by atoms with van der Waals surface area (Å²) in [5, 5.41) is 2.99. The van der Waals surface area contributed by atoms with E-state index in [1.807, 2.05) is 56.3 Å². The molecule has 0 aliphatic heterocycles. The summed E-state index contributed by atoms with van der Waals surface area (Å²) in [5.41, 5.74) is 3.29. The number of hydrogen-bond acceptors (Lipinski definition) is 3. The van der Waals surface area contributed by atoms with Gasteiger partial charge < -0.3 is 15.0 Å². The predicted octanol–water partition coefficient (Wildman–Crippen LogP) is 6.16. The van der Waals surface area contributed by atoms with Crippen molar-refractivity contribution in [1.82, 2.24) is 10.2 Å². The number of rotatable bonds is 11. The summed E-state index contributed by atoms with van der Waals surface area (Å²) in [6, 6.07) is 13.4. The zero-order valence-corrected chi connectivity index (χ0v) is 23.0. The lowest BCUT2D eigenvalue weighted by molar-refractivity contribution is -0.143. The molecule has 0 saturated heterocycles. The highest BCUT2D eigenvalue weighted by atomic mass is 79.9. The van der Waals surface area contributed by atoms with E-state index in [1.54, 1.807) is 4.90 Å². The topological polar surface area (TPSA) is 58.6 Å². The molecule has 0 fully saturated rings. The second kappa shape index (κ2) is 12.9. The zero-order valence-electron chi connectivity index (χ0n) is 21.4. The second-order valence-corrected chi connectivity index (χ2v) is 10.6. The predicted molar refractivity (Wildman–Crippen MR) is 142 cm³/mol. The van der Waals surface area contributed by atoms with Gasteiger partial charge in [-0.2, -0.15) is 0 Å². The molecule has 34 heavy (non-hydrogen) atoms. The molecule has 1 N–H and O–H groups in total. The fraction of sp³-hybridized carbons (Fsp3) is 0.500. The van der Waals surface area contributed by atoms with E-state index in [-0.39, 0.29) is 23.8 Å². The number of amides is 2. The average Bonchev–Trinajstić information content (AvgIpc) is 2.77. The molecule has 1 atom stereocenters. The minimum absolute atomic E-state index is 0.0148. The van der Waals surface area contributed by atoms with Crippen LogP contribution in [0.25, 0.3) is 0 Å². The van der Waals surface area contributed by atoms with Crippen LogP contribution in [0.1, 0.15) is 70.6 Å². The third-order valence-corrected chi connectivity index (χ3v) is 6.42. The van der Waals surface area contributed by atoms with Crippen molar-refractivity contribution in [2.75, 3.05) is 13.2 Å².